The molecule has 1 fully saturated rings. The number of rotatable bonds is 5. The fraction of sp³-hybridized carbons (Fsp3) is 0.391. The van der Waals surface area contributed by atoms with Crippen molar-refractivity contribution >= 4 is 34.6 Å². The number of nitrogens with one attached hydrogen (secondary N) is 3. The summed E-state index contributed by atoms with van der Waals surface area (Å²) in [5.41, 5.74) is 3.31. The molecule has 0 saturated carbocycles. The molecule has 0 aromatic heterocycles. The smallest absolute Gasteiger partial charge is 0.265 e. The summed E-state index contributed by atoms with van der Waals surface area (Å²) in [6.45, 7) is 5.69. The van der Waals surface area contributed by atoms with Crippen LogP contribution >= 0.6 is 0 Å². The molecule has 2 aromatic rings. The van der Waals surface area contributed by atoms with Crippen molar-refractivity contribution in [2.75, 3.05) is 33.9 Å². The molecular weight excluding hydrogens is 380 g/mol. The molecule has 7 nitrogen and oxygen atoms in total. The number of nitrogens with zero attached hydrogens (tertiary/aromatic N) is 1. The Labute approximate surface area is 176 Å². The third kappa shape index (κ3) is 4.50. The molecule has 7 heteroatoms. The monoisotopic (exact) mass is 408 g/mol. The Bertz CT molecular complexity index is 923. The molecular formula is C23H28N4O3. The number of ether oxygens (including phenoxy) is 1. The molecule has 1 saturated heterocycles. The molecule has 0 aliphatic carbocycles. The normalized spacial score (nSPS) is 19.2. The van der Waals surface area contributed by atoms with Crippen LogP contribution in [0.25, 0.3) is 0 Å². The Morgan fingerprint density at radius 3 is 2.53 bits per heavy atom. The number of carbonyl (C=O) groups excluding carboxylic acids is 2. The zero-order chi connectivity index (χ0) is 21.1. The fourth-order valence-electron chi connectivity index (χ4n) is 3.77. The highest BCUT2D eigenvalue weighted by atomic mass is 16.5. The van der Waals surface area contributed by atoms with Gasteiger partial charge < -0.3 is 25.6 Å². The Morgan fingerprint density at radius 2 is 1.80 bits per heavy atom. The molecule has 2 aliphatic heterocycles. The van der Waals surface area contributed by atoms with Gasteiger partial charge in [-0.05, 0) is 75.6 Å². The van der Waals surface area contributed by atoms with Crippen LogP contribution in [0.4, 0.5) is 22.7 Å². The molecule has 3 N–H and O–H groups in total. The first-order valence-electron chi connectivity index (χ1n) is 10.5. The minimum atomic E-state index is -0.512. The number of hydrogen-bond donors (Lipinski definition) is 3. The number of carbonyl (C=O) groups is 2. The van der Waals surface area contributed by atoms with Crippen LogP contribution in [0.3, 0.4) is 0 Å². The predicted molar refractivity (Wildman–Crippen MR) is 119 cm³/mol. The quantitative estimate of drug-likeness (QED) is 0.700. The van der Waals surface area contributed by atoms with Gasteiger partial charge in [-0.25, -0.2) is 0 Å². The summed E-state index contributed by atoms with van der Waals surface area (Å²) in [5, 5.41) is 8.94. The average Bonchev–Trinajstić information content (AvgIpc) is 2.76. The first-order chi connectivity index (χ1) is 14.5. The maximum absolute atomic E-state index is 12.6. The van der Waals surface area contributed by atoms with E-state index in [4.69, 9.17) is 4.74 Å². The lowest BCUT2D eigenvalue weighted by atomic mass is 10.1. The number of fused-ring (bicyclic) bond motifs is 1. The fourth-order valence-corrected chi connectivity index (χ4v) is 3.77. The summed E-state index contributed by atoms with van der Waals surface area (Å²) >= 11 is 0. The molecule has 4 rings (SSSR count). The van der Waals surface area contributed by atoms with E-state index >= 15 is 0 Å². The maximum Gasteiger partial charge on any atom is 0.265 e. The second-order valence-corrected chi connectivity index (χ2v) is 7.91. The Kier molecular flexibility index (Phi) is 5.79. The van der Waals surface area contributed by atoms with E-state index in [2.05, 4.69) is 33.0 Å². The van der Waals surface area contributed by atoms with E-state index in [0.717, 1.165) is 24.5 Å². The topological polar surface area (TPSA) is 82.7 Å². The molecule has 158 valence electrons. The van der Waals surface area contributed by atoms with Crippen molar-refractivity contribution in [3.8, 4) is 5.75 Å². The van der Waals surface area contributed by atoms with Crippen LogP contribution in [0.2, 0.25) is 0 Å². The van der Waals surface area contributed by atoms with Gasteiger partial charge in [0.2, 0.25) is 5.91 Å². The maximum atomic E-state index is 12.6. The highest BCUT2D eigenvalue weighted by Gasteiger charge is 2.24. The van der Waals surface area contributed by atoms with Gasteiger partial charge in [0, 0.05) is 30.2 Å². The van der Waals surface area contributed by atoms with Crippen LogP contribution in [-0.2, 0) is 9.59 Å². The lowest BCUT2D eigenvalue weighted by Gasteiger charge is -2.29. The van der Waals surface area contributed by atoms with E-state index in [9.17, 15) is 9.59 Å². The van der Waals surface area contributed by atoms with Gasteiger partial charge in [-0.1, -0.05) is 0 Å². The van der Waals surface area contributed by atoms with Crippen molar-refractivity contribution in [1.82, 2.24) is 0 Å². The van der Waals surface area contributed by atoms with Gasteiger partial charge in [0.05, 0.1) is 5.69 Å². The van der Waals surface area contributed by atoms with E-state index < -0.39 is 12.1 Å². The van der Waals surface area contributed by atoms with E-state index in [-0.39, 0.29) is 11.8 Å². The first-order valence-corrected chi connectivity index (χ1v) is 10.5. The highest BCUT2D eigenvalue weighted by molar-refractivity contribution is 5.99. The summed E-state index contributed by atoms with van der Waals surface area (Å²) in [7, 11) is 0. The number of benzene rings is 2. The van der Waals surface area contributed by atoms with Crippen LogP contribution < -0.4 is 25.6 Å². The lowest BCUT2D eigenvalue weighted by molar-refractivity contribution is -0.122. The van der Waals surface area contributed by atoms with Crippen LogP contribution in [0.15, 0.2) is 42.5 Å². The molecule has 2 unspecified atom stereocenters. The molecule has 2 aromatic carbocycles. The van der Waals surface area contributed by atoms with Gasteiger partial charge in [0.15, 0.2) is 6.10 Å². The molecule has 0 radical (unpaired) electrons. The van der Waals surface area contributed by atoms with E-state index in [1.165, 1.54) is 24.9 Å². The van der Waals surface area contributed by atoms with Gasteiger partial charge in [-0.3, -0.25) is 9.59 Å². The SMILES string of the molecule is CC(Nc1ccc2c(c1)NC(=O)C(C)O2)C(=O)Nc1ccc(N2CCCCC2)cc1. The van der Waals surface area contributed by atoms with Gasteiger partial charge >= 0.3 is 0 Å². The average molecular weight is 409 g/mol. The molecule has 2 heterocycles. The molecule has 0 bridgehead atoms. The highest BCUT2D eigenvalue weighted by Crippen LogP contribution is 2.32. The van der Waals surface area contributed by atoms with Gasteiger partial charge in [-0.15, -0.1) is 0 Å². The number of piperidine rings is 1. The van der Waals surface area contributed by atoms with E-state index in [0.29, 0.717) is 11.4 Å². The minimum Gasteiger partial charge on any atom is -0.479 e. The Hall–Kier alpha value is -3.22. The molecule has 2 atom stereocenters. The largest absolute Gasteiger partial charge is 0.479 e. The van der Waals surface area contributed by atoms with E-state index in [1.54, 1.807) is 26.0 Å². The first kappa shape index (κ1) is 20.1. The standard InChI is InChI=1S/C23H28N4O3/c1-15(24-18-8-11-21-20(14-18)26-23(29)16(2)30-21)22(28)25-17-6-9-19(10-7-17)27-12-4-3-5-13-27/h6-11,14-16,24H,3-5,12-13H2,1-2H3,(H,25,28)(H,26,29). The summed E-state index contributed by atoms with van der Waals surface area (Å²) in [4.78, 5) is 26.8. The molecule has 0 spiro atoms. The van der Waals surface area contributed by atoms with Crippen LogP contribution in [0.5, 0.6) is 5.75 Å². The summed E-state index contributed by atoms with van der Waals surface area (Å²) in [6.07, 6.45) is 3.26. The lowest BCUT2D eigenvalue weighted by Crippen LogP contribution is -2.34. The molecule has 30 heavy (non-hydrogen) atoms. The van der Waals surface area contributed by atoms with Crippen molar-refractivity contribution in [2.45, 2.75) is 45.3 Å². The van der Waals surface area contributed by atoms with Crippen molar-refractivity contribution in [3.63, 3.8) is 0 Å². The van der Waals surface area contributed by atoms with Gasteiger partial charge in [0.1, 0.15) is 11.8 Å². The van der Waals surface area contributed by atoms with Crippen molar-refractivity contribution < 1.29 is 14.3 Å². The predicted octanol–water partition coefficient (Wildman–Crippen LogP) is 3.84. The van der Waals surface area contributed by atoms with Crippen molar-refractivity contribution in [1.29, 1.82) is 0 Å². The molecule has 2 amide bonds. The second-order valence-electron chi connectivity index (χ2n) is 7.91. The van der Waals surface area contributed by atoms with Crippen LogP contribution in [0, 0.1) is 0 Å². The summed E-state index contributed by atoms with van der Waals surface area (Å²) in [6, 6.07) is 13.0. The second kappa shape index (κ2) is 8.65. The van der Waals surface area contributed by atoms with Gasteiger partial charge in [-0.2, -0.15) is 0 Å². The number of amides is 2. The van der Waals surface area contributed by atoms with E-state index in [1.807, 2.05) is 18.2 Å². The van der Waals surface area contributed by atoms with Crippen LogP contribution in [-0.4, -0.2) is 37.0 Å². The van der Waals surface area contributed by atoms with Crippen molar-refractivity contribution in [3.05, 3.63) is 42.5 Å². The minimum absolute atomic E-state index is 0.132. The zero-order valence-corrected chi connectivity index (χ0v) is 17.4. The Morgan fingerprint density at radius 1 is 1.10 bits per heavy atom. The number of anilines is 4. The zero-order valence-electron chi connectivity index (χ0n) is 17.4. The Balaban J connectivity index is 1.35. The van der Waals surface area contributed by atoms with Crippen LogP contribution in [0.1, 0.15) is 33.1 Å². The molecule has 2 aliphatic rings. The van der Waals surface area contributed by atoms with Crippen molar-refractivity contribution in [2.24, 2.45) is 0 Å². The van der Waals surface area contributed by atoms with Gasteiger partial charge in [0.25, 0.3) is 5.91 Å². The number of hydrogen-bond acceptors (Lipinski definition) is 5. The third-order valence-corrected chi connectivity index (χ3v) is 5.54. The third-order valence-electron chi connectivity index (χ3n) is 5.54. The summed E-state index contributed by atoms with van der Waals surface area (Å²) < 4.78 is 5.56. The summed E-state index contributed by atoms with van der Waals surface area (Å²) in [5.74, 6) is 0.310.